The molecule has 0 aliphatic heterocycles. The van der Waals surface area contributed by atoms with E-state index >= 15 is 0 Å². The Hall–Kier alpha value is -1.45. The summed E-state index contributed by atoms with van der Waals surface area (Å²) in [6, 6.07) is 0. The highest BCUT2D eigenvalue weighted by molar-refractivity contribution is 5.92. The fourth-order valence-corrected chi connectivity index (χ4v) is 7.56. The maximum Gasteiger partial charge on any atom is 0.303 e. The number of ether oxygens (including phenoxy) is 1. The van der Waals surface area contributed by atoms with Gasteiger partial charge in [0.25, 0.3) is 0 Å². The molecule has 0 radical (unpaired) electrons. The standard InChI is InChI=1S/C23H32O4/c1-13(24)17-5-6-18-16-12-21(27-14(2)25)20-11-15(26)7-9-23(20,4)19(16)8-10-22(17,18)3/h11,16-19,21H,5-10,12H2,1-4H3/t16-,17+,18-,19-,21-,22-,23-/m1/s1. The van der Waals surface area contributed by atoms with E-state index in [9.17, 15) is 14.4 Å². The van der Waals surface area contributed by atoms with Crippen molar-refractivity contribution in [2.75, 3.05) is 0 Å². The first kappa shape index (κ1) is 18.9. The van der Waals surface area contributed by atoms with Gasteiger partial charge in [-0.25, -0.2) is 0 Å². The maximum atomic E-state index is 12.3. The van der Waals surface area contributed by atoms with Gasteiger partial charge in [-0.2, -0.15) is 0 Å². The van der Waals surface area contributed by atoms with Crippen LogP contribution in [0.5, 0.6) is 0 Å². The number of fused-ring (bicyclic) bond motifs is 5. The molecule has 0 bridgehead atoms. The van der Waals surface area contributed by atoms with E-state index in [-0.39, 0.29) is 34.6 Å². The zero-order chi connectivity index (χ0) is 19.6. The smallest absolute Gasteiger partial charge is 0.303 e. The molecule has 4 aliphatic rings. The van der Waals surface area contributed by atoms with E-state index in [1.807, 2.05) is 0 Å². The average molecular weight is 373 g/mol. The lowest BCUT2D eigenvalue weighted by atomic mass is 9.46. The van der Waals surface area contributed by atoms with Crippen LogP contribution in [0.4, 0.5) is 0 Å². The van der Waals surface area contributed by atoms with Gasteiger partial charge in [-0.3, -0.25) is 14.4 Å². The van der Waals surface area contributed by atoms with Gasteiger partial charge in [-0.1, -0.05) is 13.8 Å². The van der Waals surface area contributed by atoms with Gasteiger partial charge in [0.05, 0.1) is 0 Å². The van der Waals surface area contributed by atoms with Gasteiger partial charge in [0.2, 0.25) is 0 Å². The van der Waals surface area contributed by atoms with E-state index in [0.29, 0.717) is 30.0 Å². The molecule has 4 heteroatoms. The molecular formula is C23H32O4. The van der Waals surface area contributed by atoms with E-state index in [2.05, 4.69) is 13.8 Å². The molecule has 0 amide bonds. The number of Topliss-reactive ketones (excluding diaryl/α,β-unsaturated/α-hetero) is 1. The number of hydrogen-bond donors (Lipinski definition) is 0. The van der Waals surface area contributed by atoms with Crippen LogP contribution in [0.3, 0.4) is 0 Å². The summed E-state index contributed by atoms with van der Waals surface area (Å²) >= 11 is 0. The Kier molecular flexibility index (Phi) is 4.40. The zero-order valence-corrected chi connectivity index (χ0v) is 17.0. The van der Waals surface area contributed by atoms with Crippen molar-refractivity contribution in [1.29, 1.82) is 0 Å². The summed E-state index contributed by atoms with van der Waals surface area (Å²) < 4.78 is 5.75. The second-order valence-corrected chi connectivity index (χ2v) is 9.98. The highest BCUT2D eigenvalue weighted by atomic mass is 16.5. The number of carbonyl (C=O) groups excluding carboxylic acids is 3. The van der Waals surface area contributed by atoms with E-state index in [1.165, 1.54) is 6.92 Å². The Morgan fingerprint density at radius 1 is 1.07 bits per heavy atom. The third-order valence-electron chi connectivity index (χ3n) is 8.75. The molecule has 27 heavy (non-hydrogen) atoms. The fraction of sp³-hybridized carbons (Fsp3) is 0.783. The maximum absolute atomic E-state index is 12.3. The molecule has 7 atom stereocenters. The molecule has 148 valence electrons. The van der Waals surface area contributed by atoms with Crippen molar-refractivity contribution in [1.82, 2.24) is 0 Å². The number of carbonyl (C=O) groups is 3. The van der Waals surface area contributed by atoms with E-state index in [0.717, 1.165) is 44.1 Å². The number of ketones is 2. The summed E-state index contributed by atoms with van der Waals surface area (Å²) in [4.78, 5) is 36.2. The molecule has 4 aliphatic carbocycles. The minimum absolute atomic E-state index is 0.0629. The van der Waals surface area contributed by atoms with Gasteiger partial charge in [0.1, 0.15) is 11.9 Å². The second kappa shape index (κ2) is 6.28. The molecule has 0 heterocycles. The largest absolute Gasteiger partial charge is 0.458 e. The lowest BCUT2D eigenvalue weighted by Gasteiger charge is -2.59. The van der Waals surface area contributed by atoms with Crippen LogP contribution in [0.25, 0.3) is 0 Å². The number of rotatable bonds is 2. The Labute approximate surface area is 162 Å². The highest BCUT2D eigenvalue weighted by Gasteiger charge is 2.61. The molecule has 0 unspecified atom stereocenters. The van der Waals surface area contributed by atoms with Gasteiger partial charge < -0.3 is 4.74 Å². The van der Waals surface area contributed by atoms with E-state index < -0.39 is 0 Å². The molecule has 3 fully saturated rings. The van der Waals surface area contributed by atoms with E-state index in [4.69, 9.17) is 4.74 Å². The summed E-state index contributed by atoms with van der Waals surface area (Å²) in [6.07, 6.45) is 8.06. The minimum atomic E-state index is -0.281. The second-order valence-electron chi connectivity index (χ2n) is 9.98. The van der Waals surface area contributed by atoms with Crippen molar-refractivity contribution in [2.24, 2.45) is 34.5 Å². The summed E-state index contributed by atoms with van der Waals surface area (Å²) in [5.74, 6) is 1.90. The minimum Gasteiger partial charge on any atom is -0.458 e. The molecular weight excluding hydrogens is 340 g/mol. The molecule has 3 saturated carbocycles. The number of hydrogen-bond acceptors (Lipinski definition) is 4. The Balaban J connectivity index is 1.73. The third kappa shape index (κ3) is 2.74. The van der Waals surface area contributed by atoms with Gasteiger partial charge in [-0.15, -0.1) is 0 Å². The van der Waals surface area contributed by atoms with Crippen LogP contribution in [-0.2, 0) is 19.1 Å². The Morgan fingerprint density at radius 3 is 2.48 bits per heavy atom. The van der Waals surface area contributed by atoms with Crippen molar-refractivity contribution >= 4 is 17.5 Å². The topological polar surface area (TPSA) is 60.4 Å². The van der Waals surface area contributed by atoms with Crippen LogP contribution in [0.2, 0.25) is 0 Å². The quantitative estimate of drug-likeness (QED) is 0.679. The van der Waals surface area contributed by atoms with Crippen molar-refractivity contribution in [3.63, 3.8) is 0 Å². The summed E-state index contributed by atoms with van der Waals surface area (Å²) in [6.45, 7) is 7.83. The summed E-state index contributed by atoms with van der Waals surface area (Å²) in [5, 5.41) is 0. The lowest BCUT2D eigenvalue weighted by molar-refractivity contribution is -0.153. The highest BCUT2D eigenvalue weighted by Crippen LogP contribution is 2.66. The summed E-state index contributed by atoms with van der Waals surface area (Å²) in [7, 11) is 0. The molecule has 0 N–H and O–H groups in total. The molecule has 4 rings (SSSR count). The Morgan fingerprint density at radius 2 is 1.81 bits per heavy atom. The van der Waals surface area contributed by atoms with Gasteiger partial charge in [0, 0.05) is 19.3 Å². The molecule has 0 aromatic rings. The molecule has 4 nitrogen and oxygen atoms in total. The summed E-state index contributed by atoms with van der Waals surface area (Å²) in [5.41, 5.74) is 1.07. The predicted octanol–water partition coefficient (Wildman–Crippen LogP) is 4.27. The fourth-order valence-electron chi connectivity index (χ4n) is 7.56. The van der Waals surface area contributed by atoms with Crippen LogP contribution in [0.15, 0.2) is 11.6 Å². The van der Waals surface area contributed by atoms with Crippen molar-refractivity contribution < 1.29 is 19.1 Å². The van der Waals surface area contributed by atoms with Crippen LogP contribution in [0, 0.1) is 34.5 Å². The monoisotopic (exact) mass is 372 g/mol. The first-order valence-corrected chi connectivity index (χ1v) is 10.6. The van der Waals surface area contributed by atoms with Crippen molar-refractivity contribution in [3.05, 3.63) is 11.6 Å². The predicted molar refractivity (Wildman–Crippen MR) is 102 cm³/mol. The molecule has 0 aromatic carbocycles. The van der Waals surface area contributed by atoms with E-state index in [1.54, 1.807) is 13.0 Å². The van der Waals surface area contributed by atoms with Gasteiger partial charge >= 0.3 is 5.97 Å². The van der Waals surface area contributed by atoms with Gasteiger partial charge in [-0.05, 0) is 85.7 Å². The average Bonchev–Trinajstić information content (AvgIpc) is 2.93. The van der Waals surface area contributed by atoms with Crippen LogP contribution in [-0.4, -0.2) is 23.6 Å². The van der Waals surface area contributed by atoms with Crippen molar-refractivity contribution in [2.45, 2.75) is 78.7 Å². The van der Waals surface area contributed by atoms with Crippen LogP contribution >= 0.6 is 0 Å². The molecule has 0 aromatic heterocycles. The Bertz CT molecular complexity index is 722. The normalized spacial score (nSPS) is 46.0. The molecule has 0 saturated heterocycles. The zero-order valence-electron chi connectivity index (χ0n) is 17.0. The van der Waals surface area contributed by atoms with Gasteiger partial charge in [0.15, 0.2) is 5.78 Å². The van der Waals surface area contributed by atoms with Crippen LogP contribution < -0.4 is 0 Å². The first-order valence-electron chi connectivity index (χ1n) is 10.6. The number of esters is 1. The SMILES string of the molecule is CC(=O)O[C@@H]1C[C@@H]2[C@H]3CC[C@@H](C(C)=O)[C@@]3(C)CC[C@H]2[C@@]2(C)CCC(=O)C=C12. The lowest BCUT2D eigenvalue weighted by Crippen LogP contribution is -2.54. The van der Waals surface area contributed by atoms with Crippen LogP contribution in [0.1, 0.15) is 72.6 Å². The molecule has 0 spiro atoms. The first-order chi connectivity index (χ1) is 12.7. The van der Waals surface area contributed by atoms with Crippen molar-refractivity contribution in [3.8, 4) is 0 Å². The third-order valence-corrected chi connectivity index (χ3v) is 8.75.